The number of cyclic esters (lactones) is 1. The monoisotopic (exact) mass is 366 g/mol. The van der Waals surface area contributed by atoms with E-state index in [9.17, 15) is 9.90 Å². The summed E-state index contributed by atoms with van der Waals surface area (Å²) in [6.45, 7) is 5.00. The largest absolute Gasteiger partial charge is 0.459 e. The number of carbonyl (C=O) groups excluding carboxylic acids is 1. The first-order valence-corrected chi connectivity index (χ1v) is 9.65. The van der Waals surface area contributed by atoms with Gasteiger partial charge in [0.05, 0.1) is 12.5 Å². The van der Waals surface area contributed by atoms with Gasteiger partial charge in [-0.05, 0) is 23.3 Å². The minimum Gasteiger partial charge on any atom is -0.459 e. The molecule has 0 spiro atoms. The van der Waals surface area contributed by atoms with E-state index in [2.05, 4.69) is 52.3 Å². The molecule has 5 nitrogen and oxygen atoms in total. The van der Waals surface area contributed by atoms with Crippen molar-refractivity contribution in [3.63, 3.8) is 0 Å². The molecule has 4 rings (SSSR count). The average Bonchev–Trinajstić information content (AvgIpc) is 3.10. The third-order valence-electron chi connectivity index (χ3n) is 5.55. The summed E-state index contributed by atoms with van der Waals surface area (Å²) in [5.74, 6) is -0.477. The fraction of sp³-hybridized carbons (Fsp3) is 0.409. The first-order chi connectivity index (χ1) is 13.2. The molecule has 27 heavy (non-hydrogen) atoms. The predicted octanol–water partition coefficient (Wildman–Crippen LogP) is 2.40. The van der Waals surface area contributed by atoms with E-state index in [4.69, 9.17) is 4.74 Å². The summed E-state index contributed by atoms with van der Waals surface area (Å²) in [5.41, 5.74) is 3.53. The van der Waals surface area contributed by atoms with Gasteiger partial charge in [-0.3, -0.25) is 9.69 Å². The lowest BCUT2D eigenvalue weighted by molar-refractivity contribution is -0.143. The van der Waals surface area contributed by atoms with Crippen LogP contribution in [-0.4, -0.2) is 54.9 Å². The van der Waals surface area contributed by atoms with E-state index in [1.54, 1.807) is 0 Å². The Labute approximate surface area is 160 Å². The van der Waals surface area contributed by atoms with Gasteiger partial charge < -0.3 is 14.7 Å². The Morgan fingerprint density at radius 1 is 0.963 bits per heavy atom. The normalized spacial score (nSPS) is 23.4. The van der Waals surface area contributed by atoms with Gasteiger partial charge in [-0.25, -0.2) is 0 Å². The molecular weight excluding hydrogens is 340 g/mol. The van der Waals surface area contributed by atoms with E-state index in [-0.39, 0.29) is 24.6 Å². The molecule has 1 N–H and O–H groups in total. The van der Waals surface area contributed by atoms with E-state index in [0.29, 0.717) is 6.42 Å². The van der Waals surface area contributed by atoms with Crippen molar-refractivity contribution >= 4 is 11.7 Å². The predicted molar refractivity (Wildman–Crippen MR) is 105 cm³/mol. The summed E-state index contributed by atoms with van der Waals surface area (Å²) in [5, 5.41) is 9.19. The van der Waals surface area contributed by atoms with Crippen LogP contribution < -0.4 is 4.90 Å². The van der Waals surface area contributed by atoms with E-state index in [1.807, 2.05) is 12.1 Å². The maximum absolute atomic E-state index is 12.0. The number of anilines is 1. The van der Waals surface area contributed by atoms with Crippen molar-refractivity contribution in [3.05, 3.63) is 65.7 Å². The highest BCUT2D eigenvalue weighted by molar-refractivity contribution is 5.80. The summed E-state index contributed by atoms with van der Waals surface area (Å²) in [6, 6.07) is 18.9. The average molecular weight is 366 g/mol. The van der Waals surface area contributed by atoms with Crippen LogP contribution in [-0.2, 0) is 16.1 Å². The number of nitrogens with zero attached hydrogens (tertiary/aromatic N) is 2. The second-order valence-corrected chi connectivity index (χ2v) is 7.37. The molecule has 0 radical (unpaired) electrons. The van der Waals surface area contributed by atoms with Crippen LogP contribution in [0.3, 0.4) is 0 Å². The molecule has 2 aliphatic heterocycles. The van der Waals surface area contributed by atoms with Crippen molar-refractivity contribution in [1.82, 2.24) is 4.90 Å². The van der Waals surface area contributed by atoms with Crippen molar-refractivity contribution in [1.29, 1.82) is 0 Å². The van der Waals surface area contributed by atoms with Crippen LogP contribution in [0.1, 0.15) is 23.5 Å². The van der Waals surface area contributed by atoms with Crippen molar-refractivity contribution in [2.45, 2.75) is 25.0 Å². The molecule has 2 fully saturated rings. The summed E-state index contributed by atoms with van der Waals surface area (Å²) in [4.78, 5) is 16.9. The standard InChI is InChI=1S/C22H26N2O3/c25-16-20-14-21(22(26)27-20)18-6-8-19(9-7-18)24-12-10-23(11-13-24)15-17-4-2-1-3-5-17/h1-9,20-21,25H,10-16H2/t20-,21?/m1/s1. The number of aliphatic hydroxyl groups is 1. The smallest absolute Gasteiger partial charge is 0.313 e. The first kappa shape index (κ1) is 18.0. The number of piperazine rings is 1. The number of esters is 1. The van der Waals surface area contributed by atoms with Gasteiger partial charge in [0.25, 0.3) is 0 Å². The molecule has 2 aliphatic rings. The Morgan fingerprint density at radius 3 is 2.30 bits per heavy atom. The van der Waals surface area contributed by atoms with Gasteiger partial charge in [-0.15, -0.1) is 0 Å². The topological polar surface area (TPSA) is 53.0 Å². The number of hydrogen-bond donors (Lipinski definition) is 1. The lowest BCUT2D eigenvalue weighted by Gasteiger charge is -2.36. The highest BCUT2D eigenvalue weighted by Gasteiger charge is 2.35. The second kappa shape index (κ2) is 8.11. The number of aliphatic hydroxyl groups excluding tert-OH is 1. The number of hydrogen-bond acceptors (Lipinski definition) is 5. The van der Waals surface area contributed by atoms with Crippen LogP contribution in [0.25, 0.3) is 0 Å². The first-order valence-electron chi connectivity index (χ1n) is 9.65. The van der Waals surface area contributed by atoms with Crippen LogP contribution in [0.4, 0.5) is 5.69 Å². The maximum atomic E-state index is 12.0. The zero-order valence-electron chi connectivity index (χ0n) is 15.5. The molecule has 2 heterocycles. The lowest BCUT2D eigenvalue weighted by Crippen LogP contribution is -2.45. The number of rotatable bonds is 5. The Balaban J connectivity index is 1.33. The molecule has 2 atom stereocenters. The molecule has 0 bridgehead atoms. The quantitative estimate of drug-likeness (QED) is 0.824. The van der Waals surface area contributed by atoms with Crippen molar-refractivity contribution < 1.29 is 14.6 Å². The summed E-state index contributed by atoms with van der Waals surface area (Å²) < 4.78 is 5.18. The van der Waals surface area contributed by atoms with Gasteiger partial charge in [0.15, 0.2) is 0 Å². The zero-order valence-corrected chi connectivity index (χ0v) is 15.5. The molecule has 0 aliphatic carbocycles. The number of carbonyl (C=O) groups is 1. The van der Waals surface area contributed by atoms with E-state index >= 15 is 0 Å². The Morgan fingerprint density at radius 2 is 1.67 bits per heavy atom. The molecule has 2 saturated heterocycles. The maximum Gasteiger partial charge on any atom is 0.313 e. The summed E-state index contributed by atoms with van der Waals surface area (Å²) in [7, 11) is 0. The zero-order chi connectivity index (χ0) is 18.6. The molecule has 142 valence electrons. The molecule has 5 heteroatoms. The van der Waals surface area contributed by atoms with Crippen molar-refractivity contribution in [3.8, 4) is 0 Å². The number of benzene rings is 2. The molecule has 2 aromatic rings. The molecule has 0 aromatic heterocycles. The summed E-state index contributed by atoms with van der Waals surface area (Å²) >= 11 is 0. The fourth-order valence-electron chi connectivity index (χ4n) is 3.96. The third kappa shape index (κ3) is 4.15. The third-order valence-corrected chi connectivity index (χ3v) is 5.55. The molecule has 2 aromatic carbocycles. The van der Waals surface area contributed by atoms with Crippen LogP contribution in [0, 0.1) is 0 Å². The van der Waals surface area contributed by atoms with Crippen LogP contribution in [0.5, 0.6) is 0 Å². The summed E-state index contributed by atoms with van der Waals surface area (Å²) in [6.07, 6.45) is 0.201. The molecule has 0 saturated carbocycles. The van der Waals surface area contributed by atoms with E-state index in [1.165, 1.54) is 11.3 Å². The Bertz CT molecular complexity index is 755. The van der Waals surface area contributed by atoms with Crippen LogP contribution >= 0.6 is 0 Å². The SMILES string of the molecule is O=C1O[C@@H](CO)CC1c1ccc(N2CCN(Cc3ccccc3)CC2)cc1. The van der Waals surface area contributed by atoms with Gasteiger partial charge in [0, 0.05) is 44.8 Å². The van der Waals surface area contributed by atoms with E-state index < -0.39 is 0 Å². The molecule has 0 amide bonds. The Hall–Kier alpha value is -2.37. The number of ether oxygens (including phenoxy) is 1. The van der Waals surface area contributed by atoms with Gasteiger partial charge in [-0.1, -0.05) is 42.5 Å². The minimum atomic E-state index is -0.361. The van der Waals surface area contributed by atoms with Gasteiger partial charge in [0.1, 0.15) is 6.10 Å². The van der Waals surface area contributed by atoms with Crippen molar-refractivity contribution in [2.75, 3.05) is 37.7 Å². The molecular formula is C22H26N2O3. The van der Waals surface area contributed by atoms with Crippen molar-refractivity contribution in [2.24, 2.45) is 0 Å². The van der Waals surface area contributed by atoms with Crippen LogP contribution in [0.2, 0.25) is 0 Å². The van der Waals surface area contributed by atoms with Gasteiger partial charge in [0.2, 0.25) is 0 Å². The lowest BCUT2D eigenvalue weighted by atomic mass is 9.95. The highest BCUT2D eigenvalue weighted by atomic mass is 16.6. The Kier molecular flexibility index (Phi) is 5.41. The van der Waals surface area contributed by atoms with Gasteiger partial charge in [-0.2, -0.15) is 0 Å². The second-order valence-electron chi connectivity index (χ2n) is 7.37. The highest BCUT2D eigenvalue weighted by Crippen LogP contribution is 2.31. The van der Waals surface area contributed by atoms with E-state index in [0.717, 1.165) is 38.3 Å². The molecule has 1 unspecified atom stereocenters. The fourth-order valence-corrected chi connectivity index (χ4v) is 3.96. The van der Waals surface area contributed by atoms with Crippen LogP contribution in [0.15, 0.2) is 54.6 Å². The minimum absolute atomic E-state index is 0.104. The van der Waals surface area contributed by atoms with Gasteiger partial charge >= 0.3 is 5.97 Å².